The molecule has 0 aliphatic heterocycles. The van der Waals surface area contributed by atoms with Gasteiger partial charge >= 0.3 is 5.97 Å². The molecule has 1 N–H and O–H groups in total. The first kappa shape index (κ1) is 18.6. The van der Waals surface area contributed by atoms with E-state index in [0.717, 1.165) is 4.90 Å². The molecule has 0 heterocycles. The summed E-state index contributed by atoms with van der Waals surface area (Å²) in [6, 6.07) is 5.57. The zero-order chi connectivity index (χ0) is 16.4. The minimum absolute atomic E-state index is 0.107. The van der Waals surface area contributed by atoms with Gasteiger partial charge in [0.1, 0.15) is 6.54 Å². The summed E-state index contributed by atoms with van der Waals surface area (Å²) in [6.45, 7) is -0.532. The Bertz CT molecular complexity index is 669. The van der Waals surface area contributed by atoms with Crippen molar-refractivity contribution in [2.45, 2.75) is 6.37 Å². The first-order valence-corrected chi connectivity index (χ1v) is 9.22. The van der Waals surface area contributed by atoms with Gasteiger partial charge in [-0.15, -0.1) is 0 Å². The molecule has 0 saturated heterocycles. The van der Waals surface area contributed by atoms with Crippen LogP contribution in [0.1, 0.15) is 10.4 Å². The molecule has 6 nitrogen and oxygen atoms in total. The molecule has 0 unspecified atom stereocenters. The van der Waals surface area contributed by atoms with Gasteiger partial charge in [-0.05, 0) is 59.9 Å². The van der Waals surface area contributed by atoms with Crippen molar-refractivity contribution in [1.82, 2.24) is 4.90 Å². The number of amides is 1. The van der Waals surface area contributed by atoms with Gasteiger partial charge in [0.15, 0.2) is 0 Å². The lowest BCUT2D eigenvalue weighted by molar-refractivity contribution is -0.137. The molecule has 0 saturated carbocycles. The number of benzene rings is 1. The monoisotopic (exact) mass is 505 g/mol. The molecule has 1 aromatic carbocycles. The van der Waals surface area contributed by atoms with E-state index in [1.165, 1.54) is 31.3 Å². The highest BCUT2D eigenvalue weighted by molar-refractivity contribution is 9.42. The van der Waals surface area contributed by atoms with E-state index in [0.29, 0.717) is 0 Å². The summed E-state index contributed by atoms with van der Waals surface area (Å²) in [4.78, 5) is 23.6. The van der Waals surface area contributed by atoms with Gasteiger partial charge in [-0.1, -0.05) is 12.1 Å². The van der Waals surface area contributed by atoms with E-state index in [1.54, 1.807) is 0 Å². The third-order valence-electron chi connectivity index (χ3n) is 2.43. The molecule has 10 heteroatoms. The molecule has 0 aliphatic rings. The maximum absolute atomic E-state index is 12.4. The summed E-state index contributed by atoms with van der Waals surface area (Å²) >= 11 is 8.77. The smallest absolute Gasteiger partial charge is 0.323 e. The largest absolute Gasteiger partial charge is 0.480 e. The Balaban J connectivity index is 3.36. The minimum Gasteiger partial charge on any atom is -0.480 e. The number of carboxylic acid groups (broad SMARTS) is 1. The number of carboxylic acids is 1. The number of halogens is 3. The van der Waals surface area contributed by atoms with Gasteiger partial charge in [-0.2, -0.15) is 0 Å². The Morgan fingerprint density at radius 3 is 2.24 bits per heavy atom. The number of nitrogens with zero attached hydrogens (tertiary/aromatic N) is 1. The predicted molar refractivity (Wildman–Crippen MR) is 87.7 cm³/mol. The predicted octanol–water partition coefficient (Wildman–Crippen LogP) is 2.41. The van der Waals surface area contributed by atoms with Crippen molar-refractivity contribution >= 4 is 69.5 Å². The molecule has 0 fully saturated rings. The summed E-state index contributed by atoms with van der Waals surface area (Å²) in [5.41, 5.74) is -0.107. The highest BCUT2D eigenvalue weighted by Crippen LogP contribution is 2.44. The maximum atomic E-state index is 12.4. The molecule has 1 rings (SSSR count). The molecule has 1 aromatic rings. The Hall–Kier alpha value is -0.450. The van der Waals surface area contributed by atoms with Gasteiger partial charge < -0.3 is 10.0 Å². The van der Waals surface area contributed by atoms with Crippen LogP contribution < -0.4 is 0 Å². The maximum Gasteiger partial charge on any atom is 0.323 e. The third-order valence-corrected chi connectivity index (χ3v) is 7.81. The van der Waals surface area contributed by atoms with E-state index < -0.39 is 29.7 Å². The second-order valence-electron chi connectivity index (χ2n) is 4.00. The summed E-state index contributed by atoms with van der Waals surface area (Å²) in [6.07, 6.45) is 0. The lowest BCUT2D eigenvalue weighted by Crippen LogP contribution is -2.33. The van der Waals surface area contributed by atoms with Crippen molar-refractivity contribution in [2.75, 3.05) is 13.6 Å². The molecular weight excluding hydrogens is 498 g/mol. The van der Waals surface area contributed by atoms with Crippen LogP contribution in [0.4, 0.5) is 0 Å². The molecule has 1 amide bonds. The summed E-state index contributed by atoms with van der Waals surface area (Å²) < 4.78 is 23.2. The quantitative estimate of drug-likeness (QED) is 0.632. The van der Waals surface area contributed by atoms with E-state index in [1.807, 2.05) is 0 Å². The second kappa shape index (κ2) is 6.76. The molecular formula is C11H10Br3NO5S. The fraction of sp³-hybridized carbons (Fsp3) is 0.273. The number of likely N-dealkylation sites (N-methyl/N-ethyl adjacent to an activating group) is 1. The lowest BCUT2D eigenvalue weighted by Gasteiger charge is -2.19. The minimum atomic E-state index is -3.96. The number of sulfone groups is 1. The lowest BCUT2D eigenvalue weighted by atomic mass is 10.2. The third kappa shape index (κ3) is 4.27. The zero-order valence-corrected chi connectivity index (χ0v) is 16.2. The first-order chi connectivity index (χ1) is 9.48. The van der Waals surface area contributed by atoms with Gasteiger partial charge in [0.25, 0.3) is 5.91 Å². The van der Waals surface area contributed by atoms with E-state index in [-0.39, 0.29) is 10.5 Å². The van der Waals surface area contributed by atoms with Crippen LogP contribution in [-0.4, -0.2) is 45.4 Å². The van der Waals surface area contributed by atoms with E-state index in [4.69, 9.17) is 5.11 Å². The van der Waals surface area contributed by atoms with Crippen molar-refractivity contribution in [3.63, 3.8) is 0 Å². The molecule has 0 bridgehead atoms. The van der Waals surface area contributed by atoms with Gasteiger partial charge in [0, 0.05) is 7.05 Å². The number of hydrogen-bond acceptors (Lipinski definition) is 4. The second-order valence-corrected chi connectivity index (χ2v) is 14.4. The number of hydrogen-bond donors (Lipinski definition) is 1. The molecule has 21 heavy (non-hydrogen) atoms. The first-order valence-electron chi connectivity index (χ1n) is 5.36. The van der Waals surface area contributed by atoms with Crippen LogP contribution in [0.25, 0.3) is 0 Å². The average molecular weight is 508 g/mol. The van der Waals surface area contributed by atoms with Crippen LogP contribution in [0.15, 0.2) is 29.2 Å². The summed E-state index contributed by atoms with van der Waals surface area (Å²) in [5.74, 6) is -1.89. The Kier molecular flexibility index (Phi) is 5.99. The summed E-state index contributed by atoms with van der Waals surface area (Å²) in [7, 11) is -2.68. The number of aliphatic carboxylic acids is 1. The van der Waals surface area contributed by atoms with Gasteiger partial charge in [0.2, 0.25) is 11.3 Å². The molecule has 0 aromatic heterocycles. The summed E-state index contributed by atoms with van der Waals surface area (Å²) in [5, 5.41) is 8.70. The van der Waals surface area contributed by atoms with Gasteiger partial charge in [0.05, 0.1) is 10.5 Å². The van der Waals surface area contributed by atoms with Crippen LogP contribution in [0, 0.1) is 0 Å². The van der Waals surface area contributed by atoms with Crippen molar-refractivity contribution in [1.29, 1.82) is 0 Å². The molecule has 0 aliphatic carbocycles. The average Bonchev–Trinajstić information content (AvgIpc) is 2.35. The fourth-order valence-corrected chi connectivity index (χ4v) is 4.00. The van der Waals surface area contributed by atoms with Crippen LogP contribution in [-0.2, 0) is 14.6 Å². The number of rotatable bonds is 4. The van der Waals surface area contributed by atoms with Crippen LogP contribution >= 0.6 is 47.8 Å². The number of carbonyl (C=O) groups is 2. The van der Waals surface area contributed by atoms with Gasteiger partial charge in [-0.25, -0.2) is 8.42 Å². The van der Waals surface area contributed by atoms with E-state index in [9.17, 15) is 18.0 Å². The van der Waals surface area contributed by atoms with Crippen LogP contribution in [0.5, 0.6) is 0 Å². The standard InChI is InChI=1S/C11H10Br3NO5S/c1-15(6-9(16)17)10(18)7-4-2-3-5-8(7)21(19,20)11(12,13)14/h2-5H,6H2,1H3,(H,16,17). The molecule has 0 spiro atoms. The van der Waals surface area contributed by atoms with E-state index >= 15 is 0 Å². The molecule has 0 radical (unpaired) electrons. The normalized spacial score (nSPS) is 12.0. The van der Waals surface area contributed by atoms with Crippen LogP contribution in [0.3, 0.4) is 0 Å². The van der Waals surface area contributed by atoms with E-state index in [2.05, 4.69) is 47.8 Å². The number of alkyl halides is 3. The Morgan fingerprint density at radius 1 is 1.24 bits per heavy atom. The van der Waals surface area contributed by atoms with Crippen molar-refractivity contribution in [2.24, 2.45) is 0 Å². The zero-order valence-electron chi connectivity index (χ0n) is 10.6. The fourth-order valence-electron chi connectivity index (χ4n) is 1.48. The Labute approximate surface area is 146 Å². The SMILES string of the molecule is CN(CC(=O)O)C(=O)c1ccccc1S(=O)(=O)C(Br)(Br)Br. The van der Waals surface area contributed by atoms with Gasteiger partial charge in [-0.3, -0.25) is 9.59 Å². The number of carbonyl (C=O) groups excluding carboxylic acids is 1. The highest BCUT2D eigenvalue weighted by Gasteiger charge is 2.39. The highest BCUT2D eigenvalue weighted by atomic mass is 80.0. The van der Waals surface area contributed by atoms with Crippen LogP contribution in [0.2, 0.25) is 0 Å². The Morgan fingerprint density at radius 2 is 1.76 bits per heavy atom. The van der Waals surface area contributed by atoms with Crippen molar-refractivity contribution in [3.8, 4) is 0 Å². The van der Waals surface area contributed by atoms with Crippen molar-refractivity contribution < 1.29 is 23.1 Å². The molecule has 116 valence electrons. The topological polar surface area (TPSA) is 91.8 Å². The van der Waals surface area contributed by atoms with Crippen molar-refractivity contribution in [3.05, 3.63) is 29.8 Å². The molecule has 0 atom stereocenters.